The summed E-state index contributed by atoms with van der Waals surface area (Å²) < 4.78 is 19.6. The number of nitrogens with zero attached hydrogens (tertiary/aromatic N) is 2. The lowest BCUT2D eigenvalue weighted by Crippen LogP contribution is -2.60. The summed E-state index contributed by atoms with van der Waals surface area (Å²) in [5, 5.41) is 3.45. The van der Waals surface area contributed by atoms with Gasteiger partial charge in [-0.25, -0.2) is 4.39 Å². The highest BCUT2D eigenvalue weighted by Gasteiger charge is 2.54. The second-order valence-corrected chi connectivity index (χ2v) is 9.48. The van der Waals surface area contributed by atoms with Crippen LogP contribution in [-0.4, -0.2) is 65.0 Å². The standard InChI is InChI=1S/C25H25ClFN3O4/c26-18-3-1-2-17(14-18)23(32)29-12-10-25(11-13-29)30(24(33)16-4-6-19(27)7-5-16)21(15-34-25)22(31)28-20-8-9-20/h1-7,14,20-21H,8-13,15H2,(H,28,31)/t21-/m1/s1. The van der Waals surface area contributed by atoms with Crippen molar-refractivity contribution in [2.75, 3.05) is 19.7 Å². The number of benzene rings is 2. The van der Waals surface area contributed by atoms with Crippen molar-refractivity contribution < 1.29 is 23.5 Å². The van der Waals surface area contributed by atoms with E-state index in [2.05, 4.69) is 5.32 Å². The highest BCUT2D eigenvalue weighted by molar-refractivity contribution is 6.30. The molecule has 1 aliphatic carbocycles. The molecule has 9 heteroatoms. The van der Waals surface area contributed by atoms with Crippen molar-refractivity contribution in [2.45, 2.75) is 43.5 Å². The van der Waals surface area contributed by atoms with Crippen LogP contribution in [0.5, 0.6) is 0 Å². The first-order chi connectivity index (χ1) is 16.4. The largest absolute Gasteiger partial charge is 0.353 e. The van der Waals surface area contributed by atoms with Crippen LogP contribution in [0.4, 0.5) is 4.39 Å². The number of amides is 3. The van der Waals surface area contributed by atoms with Crippen LogP contribution in [0.1, 0.15) is 46.4 Å². The van der Waals surface area contributed by atoms with Gasteiger partial charge < -0.3 is 15.0 Å². The number of ether oxygens (including phenoxy) is 1. The molecule has 3 aliphatic rings. The van der Waals surface area contributed by atoms with Crippen molar-refractivity contribution in [3.05, 3.63) is 70.5 Å². The summed E-state index contributed by atoms with van der Waals surface area (Å²) in [6, 6.07) is 11.4. The fraction of sp³-hybridized carbons (Fsp3) is 0.400. The molecule has 5 rings (SSSR count). The number of hydrogen-bond donors (Lipinski definition) is 1. The van der Waals surface area contributed by atoms with Crippen molar-refractivity contribution in [2.24, 2.45) is 0 Å². The van der Waals surface area contributed by atoms with Crippen LogP contribution in [-0.2, 0) is 9.53 Å². The minimum Gasteiger partial charge on any atom is -0.353 e. The lowest BCUT2D eigenvalue weighted by Gasteiger charge is -2.44. The molecule has 1 N–H and O–H groups in total. The Morgan fingerprint density at radius 1 is 1.00 bits per heavy atom. The van der Waals surface area contributed by atoms with Gasteiger partial charge in [0.25, 0.3) is 11.8 Å². The molecule has 3 fully saturated rings. The predicted molar refractivity (Wildman–Crippen MR) is 123 cm³/mol. The summed E-state index contributed by atoms with van der Waals surface area (Å²) >= 11 is 6.04. The highest BCUT2D eigenvalue weighted by atomic mass is 35.5. The van der Waals surface area contributed by atoms with E-state index in [1.807, 2.05) is 0 Å². The van der Waals surface area contributed by atoms with Crippen molar-refractivity contribution in [1.82, 2.24) is 15.1 Å². The van der Waals surface area contributed by atoms with E-state index < -0.39 is 17.6 Å². The minimum atomic E-state index is -1.01. The summed E-state index contributed by atoms with van der Waals surface area (Å²) in [6.07, 6.45) is 2.58. The Hall–Kier alpha value is -2.97. The Kier molecular flexibility index (Phi) is 6.04. The van der Waals surface area contributed by atoms with Crippen molar-refractivity contribution in [1.29, 1.82) is 0 Å². The molecule has 34 heavy (non-hydrogen) atoms. The molecule has 2 aliphatic heterocycles. The third-order valence-corrected chi connectivity index (χ3v) is 6.94. The number of hydrogen-bond acceptors (Lipinski definition) is 4. The van der Waals surface area contributed by atoms with E-state index >= 15 is 0 Å². The molecule has 0 unspecified atom stereocenters. The maximum Gasteiger partial charge on any atom is 0.256 e. The number of carbonyl (C=O) groups is 3. The second-order valence-electron chi connectivity index (χ2n) is 9.04. The molecule has 178 valence electrons. The van der Waals surface area contributed by atoms with Crippen LogP contribution in [0.15, 0.2) is 48.5 Å². The van der Waals surface area contributed by atoms with Gasteiger partial charge in [-0.2, -0.15) is 0 Å². The van der Waals surface area contributed by atoms with Crippen LogP contribution in [0.3, 0.4) is 0 Å². The normalized spacial score (nSPS) is 21.5. The van der Waals surface area contributed by atoms with Gasteiger partial charge in [-0.3, -0.25) is 19.3 Å². The Labute approximate surface area is 201 Å². The smallest absolute Gasteiger partial charge is 0.256 e. The molecule has 3 amide bonds. The lowest BCUT2D eigenvalue weighted by atomic mass is 9.96. The van der Waals surface area contributed by atoms with Gasteiger partial charge in [0.2, 0.25) is 5.91 Å². The Bertz CT molecular complexity index is 1110. The first-order valence-electron chi connectivity index (χ1n) is 11.4. The van der Waals surface area contributed by atoms with Crippen molar-refractivity contribution >= 4 is 29.3 Å². The number of halogens is 2. The summed E-state index contributed by atoms with van der Waals surface area (Å²) in [6.45, 7) is 0.790. The number of piperidine rings is 1. The SMILES string of the molecule is O=C(NC1CC1)[C@H]1COC2(CCN(C(=O)c3cccc(Cl)c3)CC2)N1C(=O)c1ccc(F)cc1. The molecule has 0 bridgehead atoms. The predicted octanol–water partition coefficient (Wildman–Crippen LogP) is 3.23. The van der Waals surface area contributed by atoms with Crippen LogP contribution >= 0.6 is 11.6 Å². The molecule has 0 aromatic heterocycles. The average molecular weight is 486 g/mol. The zero-order valence-corrected chi connectivity index (χ0v) is 19.3. The Morgan fingerprint density at radius 3 is 2.35 bits per heavy atom. The third kappa shape index (κ3) is 4.40. The van der Waals surface area contributed by atoms with Gasteiger partial charge in [-0.1, -0.05) is 17.7 Å². The molecular weight excluding hydrogens is 461 g/mol. The van der Waals surface area contributed by atoms with Crippen LogP contribution in [0, 0.1) is 5.82 Å². The summed E-state index contributed by atoms with van der Waals surface area (Å²) in [4.78, 5) is 42.8. The zero-order valence-electron chi connectivity index (χ0n) is 18.5. The van der Waals surface area contributed by atoms with E-state index in [4.69, 9.17) is 16.3 Å². The van der Waals surface area contributed by atoms with Crippen LogP contribution in [0.2, 0.25) is 5.02 Å². The fourth-order valence-corrected chi connectivity index (χ4v) is 4.88. The number of rotatable bonds is 4. The van der Waals surface area contributed by atoms with E-state index in [0.29, 0.717) is 36.5 Å². The first-order valence-corrected chi connectivity index (χ1v) is 11.8. The maximum atomic E-state index is 13.6. The average Bonchev–Trinajstić information content (AvgIpc) is 3.58. The molecule has 1 saturated carbocycles. The summed E-state index contributed by atoms with van der Waals surface area (Å²) in [5.41, 5.74) is -0.230. The maximum absolute atomic E-state index is 13.6. The van der Waals surface area contributed by atoms with E-state index in [1.165, 1.54) is 29.2 Å². The van der Waals surface area contributed by atoms with E-state index in [1.54, 1.807) is 29.2 Å². The molecule has 2 heterocycles. The number of nitrogens with one attached hydrogen (secondary N) is 1. The quantitative estimate of drug-likeness (QED) is 0.721. The number of likely N-dealkylation sites (tertiary alicyclic amines) is 1. The van der Waals surface area contributed by atoms with Gasteiger partial charge in [0.05, 0.1) is 6.61 Å². The third-order valence-electron chi connectivity index (χ3n) is 6.70. The van der Waals surface area contributed by atoms with Crippen molar-refractivity contribution in [3.63, 3.8) is 0 Å². The Morgan fingerprint density at radius 2 is 1.71 bits per heavy atom. The molecule has 2 saturated heterocycles. The van der Waals surface area contributed by atoms with E-state index in [9.17, 15) is 18.8 Å². The monoisotopic (exact) mass is 485 g/mol. The number of carbonyl (C=O) groups excluding carboxylic acids is 3. The summed E-state index contributed by atoms with van der Waals surface area (Å²) in [7, 11) is 0. The van der Waals surface area contributed by atoms with Gasteiger partial charge in [0.1, 0.15) is 17.6 Å². The van der Waals surface area contributed by atoms with E-state index in [0.717, 1.165) is 12.8 Å². The first kappa shape index (κ1) is 22.8. The van der Waals surface area contributed by atoms with Gasteiger partial charge in [0.15, 0.2) is 0 Å². The molecule has 0 radical (unpaired) electrons. The molecule has 2 aromatic carbocycles. The summed E-state index contributed by atoms with van der Waals surface area (Å²) in [5.74, 6) is -1.22. The molecule has 2 aromatic rings. The van der Waals surface area contributed by atoms with Gasteiger partial charge in [-0.05, 0) is 55.3 Å². The van der Waals surface area contributed by atoms with Crippen LogP contribution in [0.25, 0.3) is 0 Å². The van der Waals surface area contributed by atoms with Gasteiger partial charge in [0, 0.05) is 48.1 Å². The van der Waals surface area contributed by atoms with Gasteiger partial charge in [-0.15, -0.1) is 0 Å². The molecule has 7 nitrogen and oxygen atoms in total. The minimum absolute atomic E-state index is 0.0771. The topological polar surface area (TPSA) is 79.0 Å². The van der Waals surface area contributed by atoms with Crippen LogP contribution < -0.4 is 5.32 Å². The highest BCUT2D eigenvalue weighted by Crippen LogP contribution is 2.39. The lowest BCUT2D eigenvalue weighted by molar-refractivity contribution is -0.128. The molecular formula is C25H25ClFN3O4. The second kappa shape index (κ2) is 9.00. The Balaban J connectivity index is 1.37. The molecule has 1 spiro atoms. The molecule has 1 atom stereocenters. The van der Waals surface area contributed by atoms with E-state index in [-0.39, 0.29) is 35.9 Å². The fourth-order valence-electron chi connectivity index (χ4n) is 4.69. The van der Waals surface area contributed by atoms with Gasteiger partial charge >= 0.3 is 0 Å². The zero-order chi connectivity index (χ0) is 23.9. The van der Waals surface area contributed by atoms with Crippen molar-refractivity contribution in [3.8, 4) is 0 Å².